The van der Waals surface area contributed by atoms with Crippen LogP contribution in [0, 0.1) is 5.92 Å². The van der Waals surface area contributed by atoms with Crippen molar-refractivity contribution in [1.29, 1.82) is 0 Å². The minimum atomic E-state index is -4.47. The zero-order valence-corrected chi connectivity index (χ0v) is 10.1. The highest BCUT2D eigenvalue weighted by molar-refractivity contribution is 7.09. The fourth-order valence-corrected chi connectivity index (χ4v) is 2.45. The van der Waals surface area contributed by atoms with Crippen molar-refractivity contribution in [3.05, 3.63) is 5.82 Å². The number of anilines is 1. The number of hydrogen-bond donors (Lipinski definition) is 1. The van der Waals surface area contributed by atoms with E-state index < -0.39 is 12.0 Å². The molecule has 0 saturated carbocycles. The normalized spacial score (nSPS) is 26.3. The Bertz CT molecular complexity index is 392. The Balaban J connectivity index is 2.11. The van der Waals surface area contributed by atoms with Crippen molar-refractivity contribution in [2.75, 3.05) is 18.0 Å². The van der Waals surface area contributed by atoms with Crippen LogP contribution in [0.3, 0.4) is 0 Å². The minimum Gasteiger partial charge on any atom is -0.345 e. The highest BCUT2D eigenvalue weighted by Crippen LogP contribution is 2.31. The minimum absolute atomic E-state index is 0.0259. The highest BCUT2D eigenvalue weighted by atomic mass is 32.1. The summed E-state index contributed by atoms with van der Waals surface area (Å²) in [5, 5.41) is 0.305. The van der Waals surface area contributed by atoms with E-state index in [2.05, 4.69) is 9.36 Å². The predicted octanol–water partition coefficient (Wildman–Crippen LogP) is 1.73. The molecule has 1 aromatic heterocycles. The van der Waals surface area contributed by atoms with Crippen molar-refractivity contribution in [2.45, 2.75) is 25.6 Å². The molecule has 1 saturated heterocycles. The monoisotopic (exact) mass is 266 g/mol. The fraction of sp³-hybridized carbons (Fsp3) is 0.778. The standard InChI is InChI=1S/C9H13F3N4S/c1-5-2-3-16(4-6(5)13)8-14-7(15-17-8)9(10,11)12/h5-6H,2-4,13H2,1H3. The van der Waals surface area contributed by atoms with Gasteiger partial charge >= 0.3 is 6.18 Å². The molecule has 1 aliphatic heterocycles. The van der Waals surface area contributed by atoms with Crippen molar-refractivity contribution in [1.82, 2.24) is 9.36 Å². The third kappa shape index (κ3) is 2.68. The van der Waals surface area contributed by atoms with Crippen molar-refractivity contribution in [3.63, 3.8) is 0 Å². The van der Waals surface area contributed by atoms with Crippen LogP contribution >= 0.6 is 11.5 Å². The summed E-state index contributed by atoms with van der Waals surface area (Å²) < 4.78 is 40.4. The van der Waals surface area contributed by atoms with Gasteiger partial charge in [0.15, 0.2) is 0 Å². The average Bonchev–Trinajstić information content (AvgIpc) is 2.70. The number of nitrogens with two attached hydrogens (primary N) is 1. The molecule has 2 heterocycles. The first kappa shape index (κ1) is 12.6. The van der Waals surface area contributed by atoms with E-state index in [1.165, 1.54) is 0 Å². The Morgan fingerprint density at radius 1 is 1.47 bits per heavy atom. The Morgan fingerprint density at radius 3 is 2.71 bits per heavy atom. The van der Waals surface area contributed by atoms with Gasteiger partial charge in [-0.25, -0.2) is 0 Å². The molecule has 4 nitrogen and oxygen atoms in total. The van der Waals surface area contributed by atoms with Crippen LogP contribution in [0.1, 0.15) is 19.2 Å². The van der Waals surface area contributed by atoms with Gasteiger partial charge in [-0.05, 0) is 12.3 Å². The van der Waals surface area contributed by atoms with E-state index in [1.54, 1.807) is 4.90 Å². The van der Waals surface area contributed by atoms with Gasteiger partial charge in [0.2, 0.25) is 11.0 Å². The lowest BCUT2D eigenvalue weighted by atomic mass is 9.95. The summed E-state index contributed by atoms with van der Waals surface area (Å²) >= 11 is 0.775. The van der Waals surface area contributed by atoms with Gasteiger partial charge in [0.05, 0.1) is 0 Å². The second-order valence-corrected chi connectivity index (χ2v) is 5.00. The number of rotatable bonds is 1. The van der Waals surface area contributed by atoms with Crippen LogP contribution in [0.5, 0.6) is 0 Å². The molecule has 96 valence electrons. The number of aromatic nitrogens is 2. The van der Waals surface area contributed by atoms with Crippen molar-refractivity contribution in [2.24, 2.45) is 11.7 Å². The summed E-state index contributed by atoms with van der Waals surface area (Å²) in [5.41, 5.74) is 5.89. The molecular formula is C9H13F3N4S. The second kappa shape index (κ2) is 4.41. The van der Waals surface area contributed by atoms with E-state index in [-0.39, 0.29) is 6.04 Å². The van der Waals surface area contributed by atoms with Gasteiger partial charge in [-0.3, -0.25) is 0 Å². The van der Waals surface area contributed by atoms with Crippen LogP contribution in [0.4, 0.5) is 18.3 Å². The number of nitrogens with zero attached hydrogens (tertiary/aromatic N) is 3. The van der Waals surface area contributed by atoms with E-state index in [0.29, 0.717) is 24.1 Å². The first-order valence-electron chi connectivity index (χ1n) is 5.29. The van der Waals surface area contributed by atoms with Gasteiger partial charge in [-0.15, -0.1) is 0 Å². The summed E-state index contributed by atoms with van der Waals surface area (Å²) in [6.45, 7) is 3.26. The van der Waals surface area contributed by atoms with Gasteiger partial charge in [0, 0.05) is 30.7 Å². The number of alkyl halides is 3. The van der Waals surface area contributed by atoms with E-state index in [1.807, 2.05) is 6.92 Å². The van der Waals surface area contributed by atoms with Crippen molar-refractivity contribution in [3.8, 4) is 0 Å². The first-order valence-corrected chi connectivity index (χ1v) is 6.06. The molecule has 1 fully saturated rings. The van der Waals surface area contributed by atoms with E-state index >= 15 is 0 Å². The van der Waals surface area contributed by atoms with Gasteiger partial charge in [0.1, 0.15) is 0 Å². The molecule has 17 heavy (non-hydrogen) atoms. The largest absolute Gasteiger partial charge is 0.452 e. The van der Waals surface area contributed by atoms with Crippen LogP contribution in [0.25, 0.3) is 0 Å². The summed E-state index contributed by atoms with van der Waals surface area (Å²) in [6.07, 6.45) is -3.61. The van der Waals surface area contributed by atoms with Crippen LogP contribution in [0.15, 0.2) is 0 Å². The summed E-state index contributed by atoms with van der Waals surface area (Å²) in [5.74, 6) is -0.675. The zero-order chi connectivity index (χ0) is 12.6. The lowest BCUT2D eigenvalue weighted by Crippen LogP contribution is -2.47. The Hall–Kier alpha value is -0.890. The molecule has 0 bridgehead atoms. The number of halogens is 3. The molecule has 0 aromatic carbocycles. The van der Waals surface area contributed by atoms with E-state index in [9.17, 15) is 13.2 Å². The third-order valence-corrected chi connectivity index (χ3v) is 3.73. The lowest BCUT2D eigenvalue weighted by molar-refractivity contribution is -0.144. The van der Waals surface area contributed by atoms with Crippen molar-refractivity contribution >= 4 is 16.7 Å². The SMILES string of the molecule is CC1CCN(c2nc(C(F)(F)F)ns2)CC1N. The van der Waals surface area contributed by atoms with E-state index in [4.69, 9.17) is 5.73 Å². The predicted molar refractivity (Wildman–Crippen MR) is 58.9 cm³/mol. The molecule has 0 spiro atoms. The summed E-state index contributed by atoms with van der Waals surface area (Å²) in [7, 11) is 0. The lowest BCUT2D eigenvalue weighted by Gasteiger charge is -2.34. The molecule has 0 aliphatic carbocycles. The Labute approximate surface area is 101 Å². The van der Waals surface area contributed by atoms with Gasteiger partial charge < -0.3 is 10.6 Å². The maximum atomic E-state index is 12.3. The van der Waals surface area contributed by atoms with Crippen LogP contribution < -0.4 is 10.6 Å². The average molecular weight is 266 g/mol. The molecule has 2 rings (SSSR count). The molecule has 2 atom stereocenters. The topological polar surface area (TPSA) is 55.0 Å². The fourth-order valence-electron chi connectivity index (χ4n) is 1.73. The quantitative estimate of drug-likeness (QED) is 0.841. The van der Waals surface area contributed by atoms with Crippen LogP contribution in [-0.4, -0.2) is 28.5 Å². The van der Waals surface area contributed by atoms with Crippen LogP contribution in [-0.2, 0) is 6.18 Å². The molecule has 0 amide bonds. The molecule has 2 unspecified atom stereocenters. The molecule has 8 heteroatoms. The maximum Gasteiger partial charge on any atom is 0.452 e. The first-order chi connectivity index (χ1) is 7.88. The zero-order valence-electron chi connectivity index (χ0n) is 9.24. The van der Waals surface area contributed by atoms with Gasteiger partial charge in [-0.2, -0.15) is 22.5 Å². The smallest absolute Gasteiger partial charge is 0.345 e. The third-order valence-electron chi connectivity index (χ3n) is 2.96. The maximum absolute atomic E-state index is 12.3. The molecule has 1 aliphatic rings. The molecule has 1 aromatic rings. The molecular weight excluding hydrogens is 253 g/mol. The van der Waals surface area contributed by atoms with E-state index in [0.717, 1.165) is 18.0 Å². The second-order valence-electron chi connectivity index (χ2n) is 4.27. The van der Waals surface area contributed by atoms with Gasteiger partial charge in [-0.1, -0.05) is 6.92 Å². The Kier molecular flexibility index (Phi) is 3.26. The highest BCUT2D eigenvalue weighted by Gasteiger charge is 2.37. The molecule has 0 radical (unpaired) electrons. The number of hydrogen-bond acceptors (Lipinski definition) is 5. The summed E-state index contributed by atoms with van der Waals surface area (Å²) in [4.78, 5) is 5.29. The Morgan fingerprint density at radius 2 is 2.18 bits per heavy atom. The molecule has 2 N–H and O–H groups in total. The van der Waals surface area contributed by atoms with Gasteiger partial charge in [0.25, 0.3) is 0 Å². The van der Waals surface area contributed by atoms with Crippen LogP contribution in [0.2, 0.25) is 0 Å². The number of piperidine rings is 1. The van der Waals surface area contributed by atoms with Crippen molar-refractivity contribution < 1.29 is 13.2 Å². The summed E-state index contributed by atoms with van der Waals surface area (Å²) in [6, 6.07) is -0.0259.